The molecule has 0 spiro atoms. The third-order valence-corrected chi connectivity index (χ3v) is 7.36. The highest BCUT2D eigenvalue weighted by Gasteiger charge is 2.44. The fraction of sp³-hybridized carbons (Fsp3) is 0.387. The zero-order valence-corrected chi connectivity index (χ0v) is 26.0. The summed E-state index contributed by atoms with van der Waals surface area (Å²) in [5.41, 5.74) is 6.37. The maximum absolute atomic E-state index is 13.7. The van der Waals surface area contributed by atoms with Crippen molar-refractivity contribution in [2.24, 2.45) is 5.73 Å². The molecule has 43 heavy (non-hydrogen) atoms. The van der Waals surface area contributed by atoms with Crippen LogP contribution in [0.3, 0.4) is 0 Å². The van der Waals surface area contributed by atoms with Crippen LogP contribution in [0.4, 0.5) is 10.5 Å². The third kappa shape index (κ3) is 7.08. The highest BCUT2D eigenvalue weighted by atomic mass is 32.2. The number of ether oxygens (including phenoxy) is 3. The van der Waals surface area contributed by atoms with Gasteiger partial charge in [-0.05, 0) is 69.9 Å². The molecule has 0 fully saturated rings. The molecule has 0 bridgehead atoms. The van der Waals surface area contributed by atoms with Crippen molar-refractivity contribution in [3.63, 3.8) is 0 Å². The number of pyridine rings is 1. The molecule has 12 heteroatoms. The number of carbonyl (C=O) groups is 3. The summed E-state index contributed by atoms with van der Waals surface area (Å²) in [6, 6.07) is 14.6. The summed E-state index contributed by atoms with van der Waals surface area (Å²) in [5, 5.41) is 8.76. The lowest BCUT2D eigenvalue weighted by molar-refractivity contribution is -0.163. The van der Waals surface area contributed by atoms with Gasteiger partial charge in [-0.25, -0.2) is 14.6 Å². The highest BCUT2D eigenvalue weighted by Crippen LogP contribution is 2.35. The van der Waals surface area contributed by atoms with Gasteiger partial charge in [0.1, 0.15) is 18.0 Å². The first-order valence-corrected chi connectivity index (χ1v) is 15.1. The molecule has 228 valence electrons. The molecule has 0 amide bonds. The number of benzene rings is 2. The lowest BCUT2D eigenvalue weighted by Crippen LogP contribution is -2.59. The maximum atomic E-state index is 13.7. The second-order valence-electron chi connectivity index (χ2n) is 11.1. The summed E-state index contributed by atoms with van der Waals surface area (Å²) in [6.07, 6.45) is 1.28. The van der Waals surface area contributed by atoms with Gasteiger partial charge >= 0.3 is 12.1 Å². The number of aryl methyl sites for hydroxylation is 1. The van der Waals surface area contributed by atoms with Crippen molar-refractivity contribution >= 4 is 57.2 Å². The van der Waals surface area contributed by atoms with Crippen LogP contribution in [0.1, 0.15) is 38.4 Å². The van der Waals surface area contributed by atoms with Gasteiger partial charge in [0.25, 0.3) is 0 Å². The average Bonchev–Trinajstić information content (AvgIpc) is 3.31. The van der Waals surface area contributed by atoms with E-state index in [2.05, 4.69) is 10.4 Å². The number of aromatic nitrogens is 3. The van der Waals surface area contributed by atoms with E-state index in [0.717, 1.165) is 10.2 Å². The van der Waals surface area contributed by atoms with E-state index in [9.17, 15) is 14.4 Å². The normalized spacial score (nSPS) is 13.0. The molecular formula is C31H37N5O6S. The monoisotopic (exact) mass is 607 g/mol. The molecule has 11 nitrogen and oxygen atoms in total. The number of hydrogen-bond acceptors (Lipinski definition) is 11. The maximum Gasteiger partial charge on any atom is 0.437 e. The number of ketones is 1. The van der Waals surface area contributed by atoms with Crippen molar-refractivity contribution in [2.45, 2.75) is 51.9 Å². The first-order valence-electron chi connectivity index (χ1n) is 13.7. The Labute approximate surface area is 254 Å². The standard InChI is InChI=1S/C31H37N5O6S/c1-19-25-26(33-17-24(37)31(32,14-15-43-6)28(38)42-30(2,3)4)22-16-21(40-5)12-13-23(22)34-27(25)36(35-19)29(39)41-18-20-10-8-7-9-11-20/h7-13,16H,14-15,17-18,32H2,1-6H3,(H,33,34)/t31-/m1/s1. The first-order chi connectivity index (χ1) is 20.4. The van der Waals surface area contributed by atoms with Gasteiger partial charge in [-0.1, -0.05) is 30.3 Å². The van der Waals surface area contributed by atoms with Crippen LogP contribution in [0.2, 0.25) is 0 Å². The van der Waals surface area contributed by atoms with Crippen LogP contribution in [0.15, 0.2) is 48.5 Å². The van der Waals surface area contributed by atoms with Crippen molar-refractivity contribution in [3.8, 4) is 5.75 Å². The Hall–Kier alpha value is -4.16. The number of nitrogens with one attached hydrogen (secondary N) is 1. The van der Waals surface area contributed by atoms with Crippen LogP contribution < -0.4 is 15.8 Å². The lowest BCUT2D eigenvalue weighted by atomic mass is 9.91. The molecule has 2 heterocycles. The topological polar surface area (TPSA) is 148 Å². The summed E-state index contributed by atoms with van der Waals surface area (Å²) < 4.78 is 17.6. The van der Waals surface area contributed by atoms with Crippen molar-refractivity contribution in [1.29, 1.82) is 0 Å². The Morgan fingerprint density at radius 2 is 1.81 bits per heavy atom. The number of nitrogens with two attached hydrogens (primary N) is 1. The quantitative estimate of drug-likeness (QED) is 0.178. The van der Waals surface area contributed by atoms with Crippen molar-refractivity contribution in [2.75, 3.05) is 31.0 Å². The second-order valence-corrected chi connectivity index (χ2v) is 12.1. The SMILES string of the molecule is COc1ccc2nc3c(c(C)nn3C(=O)OCc3ccccc3)c(NCC(=O)[C@](N)(CCSC)C(=O)OC(C)(C)C)c2c1. The smallest absolute Gasteiger partial charge is 0.437 e. The van der Waals surface area contributed by atoms with Gasteiger partial charge in [0.05, 0.1) is 35.9 Å². The zero-order valence-electron chi connectivity index (χ0n) is 25.2. The van der Waals surface area contributed by atoms with E-state index in [0.29, 0.717) is 39.2 Å². The third-order valence-electron chi connectivity index (χ3n) is 6.75. The van der Waals surface area contributed by atoms with Gasteiger partial charge in [0, 0.05) is 5.39 Å². The van der Waals surface area contributed by atoms with E-state index in [1.165, 1.54) is 11.8 Å². The number of fused-ring (bicyclic) bond motifs is 2. The first kappa shape index (κ1) is 31.8. The number of anilines is 1. The van der Waals surface area contributed by atoms with Crippen molar-refractivity contribution in [3.05, 3.63) is 59.8 Å². The van der Waals surface area contributed by atoms with E-state index in [4.69, 9.17) is 24.9 Å². The molecule has 0 unspecified atom stereocenters. The van der Waals surface area contributed by atoms with Crippen LogP contribution in [0, 0.1) is 6.92 Å². The summed E-state index contributed by atoms with van der Waals surface area (Å²) >= 11 is 1.48. The number of thioether (sulfide) groups is 1. The summed E-state index contributed by atoms with van der Waals surface area (Å²) in [6.45, 7) is 6.67. The number of carbonyl (C=O) groups excluding carboxylic acids is 3. The Morgan fingerprint density at radius 1 is 1.09 bits per heavy atom. The van der Waals surface area contributed by atoms with Gasteiger partial charge in [0.2, 0.25) is 0 Å². The molecule has 2 aromatic heterocycles. The Bertz CT molecular complexity index is 1650. The molecule has 0 radical (unpaired) electrons. The van der Waals surface area contributed by atoms with Crippen molar-refractivity contribution in [1.82, 2.24) is 14.8 Å². The minimum Gasteiger partial charge on any atom is -0.497 e. The molecule has 4 rings (SSSR count). The van der Waals surface area contributed by atoms with E-state index in [1.807, 2.05) is 36.6 Å². The minimum atomic E-state index is -1.86. The van der Waals surface area contributed by atoms with Gasteiger partial charge in [-0.2, -0.15) is 16.9 Å². The molecule has 4 aromatic rings. The largest absolute Gasteiger partial charge is 0.497 e. The molecule has 1 atom stereocenters. The summed E-state index contributed by atoms with van der Waals surface area (Å²) in [4.78, 5) is 44.7. The Morgan fingerprint density at radius 3 is 2.47 bits per heavy atom. The minimum absolute atomic E-state index is 0.0593. The number of nitrogens with zero attached hydrogens (tertiary/aromatic N) is 3. The number of Topliss-reactive ketones (excluding diaryl/α,β-unsaturated/α-hetero) is 1. The second kappa shape index (κ2) is 13.0. The van der Waals surface area contributed by atoms with Crippen LogP contribution >= 0.6 is 11.8 Å². The summed E-state index contributed by atoms with van der Waals surface area (Å²) in [5.74, 6) is -0.267. The van der Waals surface area contributed by atoms with Crippen LogP contribution in [-0.4, -0.2) is 69.4 Å². The van der Waals surface area contributed by atoms with Gasteiger partial charge < -0.3 is 25.3 Å². The number of hydrogen-bond donors (Lipinski definition) is 2. The average molecular weight is 608 g/mol. The molecule has 0 saturated carbocycles. The lowest BCUT2D eigenvalue weighted by Gasteiger charge is -2.30. The number of rotatable bonds is 11. The van der Waals surface area contributed by atoms with Gasteiger partial charge in [-0.3, -0.25) is 4.79 Å². The molecule has 3 N–H and O–H groups in total. The summed E-state index contributed by atoms with van der Waals surface area (Å²) in [7, 11) is 1.55. The van der Waals surface area contributed by atoms with Gasteiger partial charge in [-0.15, -0.1) is 4.68 Å². The van der Waals surface area contributed by atoms with E-state index in [1.54, 1.807) is 53.0 Å². The predicted molar refractivity (Wildman–Crippen MR) is 168 cm³/mol. The molecule has 0 aliphatic carbocycles. The molecule has 0 aliphatic heterocycles. The Balaban J connectivity index is 1.73. The van der Waals surface area contributed by atoms with Crippen LogP contribution in [0.25, 0.3) is 21.9 Å². The number of esters is 1. The molecule has 0 aliphatic rings. The van der Waals surface area contributed by atoms with E-state index >= 15 is 0 Å². The zero-order chi connectivity index (χ0) is 31.4. The molecule has 0 saturated heterocycles. The fourth-order valence-electron chi connectivity index (χ4n) is 4.50. The van der Waals surface area contributed by atoms with Crippen LogP contribution in [0.5, 0.6) is 5.75 Å². The fourth-order valence-corrected chi connectivity index (χ4v) is 5.03. The predicted octanol–water partition coefficient (Wildman–Crippen LogP) is 4.86. The highest BCUT2D eigenvalue weighted by molar-refractivity contribution is 7.98. The van der Waals surface area contributed by atoms with Gasteiger partial charge in [0.15, 0.2) is 17.0 Å². The Kier molecular flexibility index (Phi) is 9.61. The molecular weight excluding hydrogens is 570 g/mol. The van der Waals surface area contributed by atoms with Crippen LogP contribution in [-0.2, 0) is 25.7 Å². The van der Waals surface area contributed by atoms with Crippen molar-refractivity contribution < 1.29 is 28.6 Å². The molecule has 2 aromatic carbocycles. The van der Waals surface area contributed by atoms with E-state index in [-0.39, 0.29) is 25.2 Å². The van der Waals surface area contributed by atoms with E-state index < -0.39 is 29.0 Å². The number of methoxy groups -OCH3 is 1.